The maximum atomic E-state index is 7.75. The predicted molar refractivity (Wildman–Crippen MR) is 31.3 cm³/mol. The summed E-state index contributed by atoms with van der Waals surface area (Å²) in [5.74, 6) is 0. The van der Waals surface area contributed by atoms with Gasteiger partial charge in [0.05, 0.1) is 0 Å². The molecule has 0 rings (SSSR count). The Kier molecular flexibility index (Phi) is 52.4. The van der Waals surface area contributed by atoms with E-state index < -0.39 is 0 Å². The summed E-state index contributed by atoms with van der Waals surface area (Å²) in [6.07, 6.45) is 3.23. The molecule has 0 aliphatic rings. The molecule has 50 valence electrons. The molecule has 0 N–H and O–H groups in total. The SMILES string of the molecule is [CH-]=O.[CH2-]CCC[CH2-].[Rh+3]. The maximum absolute atomic E-state index is 7.75. The molecule has 0 aliphatic heterocycles. The molecular formula is C6H11ORh. The van der Waals surface area contributed by atoms with E-state index in [2.05, 4.69) is 20.6 Å². The second kappa shape index (κ2) is 26.6. The molecule has 0 aromatic rings. The van der Waals surface area contributed by atoms with E-state index in [1.807, 2.05) is 0 Å². The van der Waals surface area contributed by atoms with Crippen LogP contribution in [0, 0.1) is 13.8 Å². The Morgan fingerprint density at radius 3 is 1.38 bits per heavy atom. The van der Waals surface area contributed by atoms with Crippen molar-refractivity contribution in [2.45, 2.75) is 19.3 Å². The van der Waals surface area contributed by atoms with E-state index in [0.717, 1.165) is 12.8 Å². The van der Waals surface area contributed by atoms with Gasteiger partial charge in [-0.05, 0) is 0 Å². The molecule has 8 heavy (non-hydrogen) atoms. The summed E-state index contributed by atoms with van der Waals surface area (Å²) in [6.45, 7) is 10.5. The molecule has 1 nitrogen and oxygen atoms in total. The van der Waals surface area contributed by atoms with Gasteiger partial charge >= 0.3 is 19.5 Å². The van der Waals surface area contributed by atoms with Gasteiger partial charge in [0.1, 0.15) is 0 Å². The monoisotopic (exact) mass is 202 g/mol. The van der Waals surface area contributed by atoms with Crippen LogP contribution >= 0.6 is 0 Å². The Morgan fingerprint density at radius 2 is 1.38 bits per heavy atom. The Balaban J connectivity index is -0.0000000750. The maximum Gasteiger partial charge on any atom is 3.00 e. The van der Waals surface area contributed by atoms with E-state index in [1.54, 1.807) is 0 Å². The van der Waals surface area contributed by atoms with Crippen molar-refractivity contribution >= 4 is 6.79 Å². The van der Waals surface area contributed by atoms with Gasteiger partial charge in [0.15, 0.2) is 0 Å². The zero-order valence-electron chi connectivity index (χ0n) is 4.85. The fourth-order valence-corrected chi connectivity index (χ4v) is 0.177. The summed E-state index contributed by atoms with van der Waals surface area (Å²) in [5.41, 5.74) is 0. The molecule has 0 spiro atoms. The molecule has 0 aromatic heterocycles. The van der Waals surface area contributed by atoms with Crippen molar-refractivity contribution in [1.82, 2.24) is 0 Å². The van der Waals surface area contributed by atoms with Gasteiger partial charge in [0.2, 0.25) is 0 Å². The summed E-state index contributed by atoms with van der Waals surface area (Å²) in [6, 6.07) is 0. The third-order valence-corrected chi connectivity index (χ3v) is 0.500. The molecule has 0 saturated carbocycles. The number of carbonyl (C=O) groups excluding carboxylic acids is 1. The second-order valence-corrected chi connectivity index (χ2v) is 1.06. The minimum atomic E-state index is 0. The van der Waals surface area contributed by atoms with Crippen LogP contribution in [0.5, 0.6) is 0 Å². The molecule has 0 aliphatic carbocycles. The molecule has 0 amide bonds. The predicted octanol–water partition coefficient (Wildman–Crippen LogP) is 1.55. The van der Waals surface area contributed by atoms with Crippen molar-refractivity contribution in [3.63, 3.8) is 0 Å². The molecule has 0 saturated heterocycles. The number of hydrogen-bond donors (Lipinski definition) is 0. The van der Waals surface area contributed by atoms with Crippen molar-refractivity contribution in [3.05, 3.63) is 13.8 Å². The standard InChI is InChI=1S/C5H10.CHO.Rh/c1-3-5-4-2;1-2;/h1-5H2;1H;/q-2;-1;+3. The molecule has 0 radical (unpaired) electrons. The third-order valence-electron chi connectivity index (χ3n) is 0.500. The number of rotatable bonds is 2. The molecule has 0 fully saturated rings. The van der Waals surface area contributed by atoms with Crippen LogP contribution in [-0.4, -0.2) is 6.79 Å². The van der Waals surface area contributed by atoms with Gasteiger partial charge in [-0.2, -0.15) is 12.8 Å². The average Bonchev–Trinajstić information content (AvgIpc) is 1.75. The van der Waals surface area contributed by atoms with Crippen molar-refractivity contribution < 1.29 is 24.3 Å². The molecule has 0 unspecified atom stereocenters. The van der Waals surface area contributed by atoms with Gasteiger partial charge in [0, 0.05) is 0 Å². The third kappa shape index (κ3) is 33.5. The van der Waals surface area contributed by atoms with Crippen LogP contribution in [-0.2, 0) is 24.3 Å². The molecular weight excluding hydrogens is 191 g/mol. The van der Waals surface area contributed by atoms with Crippen molar-refractivity contribution in [3.8, 4) is 0 Å². The molecule has 0 bridgehead atoms. The largest absolute Gasteiger partial charge is 3.00 e. The quantitative estimate of drug-likeness (QED) is 0.377. The summed E-state index contributed by atoms with van der Waals surface area (Å²) in [5, 5.41) is 0. The Hall–Kier alpha value is 0.293. The average molecular weight is 202 g/mol. The normalized spacial score (nSPS) is 5.75. The van der Waals surface area contributed by atoms with Crippen LogP contribution in [0.2, 0.25) is 0 Å². The fraction of sp³-hybridized carbons (Fsp3) is 0.500. The summed E-state index contributed by atoms with van der Waals surface area (Å²) in [4.78, 5) is 7.75. The first-order chi connectivity index (χ1) is 3.41. The molecule has 0 atom stereocenters. The van der Waals surface area contributed by atoms with Gasteiger partial charge in [0.25, 0.3) is 0 Å². The Labute approximate surface area is 64.6 Å². The minimum Gasteiger partial charge on any atom is -0.545 e. The van der Waals surface area contributed by atoms with E-state index in [9.17, 15) is 0 Å². The minimum absolute atomic E-state index is 0. The van der Waals surface area contributed by atoms with Gasteiger partial charge in [-0.3, -0.25) is 6.79 Å². The Morgan fingerprint density at radius 1 is 1.12 bits per heavy atom. The van der Waals surface area contributed by atoms with Crippen LogP contribution in [0.25, 0.3) is 0 Å². The molecule has 0 aromatic carbocycles. The van der Waals surface area contributed by atoms with Gasteiger partial charge in [-0.25, -0.2) is 0 Å². The van der Waals surface area contributed by atoms with E-state index in [1.165, 1.54) is 6.42 Å². The van der Waals surface area contributed by atoms with Crippen molar-refractivity contribution in [2.24, 2.45) is 0 Å². The van der Waals surface area contributed by atoms with Crippen LogP contribution in [0.4, 0.5) is 0 Å². The van der Waals surface area contributed by atoms with Crippen LogP contribution in [0.15, 0.2) is 0 Å². The van der Waals surface area contributed by atoms with Crippen LogP contribution in [0.1, 0.15) is 19.3 Å². The van der Waals surface area contributed by atoms with Gasteiger partial charge < -0.3 is 18.6 Å². The summed E-state index contributed by atoms with van der Waals surface area (Å²) in [7, 11) is 0. The fourth-order valence-electron chi connectivity index (χ4n) is 0.177. The van der Waals surface area contributed by atoms with Crippen LogP contribution in [0.3, 0.4) is 0 Å². The van der Waals surface area contributed by atoms with E-state index in [0.29, 0.717) is 0 Å². The number of hydrogen-bond acceptors (Lipinski definition) is 1. The Bertz CT molecular complexity index is 22.5. The first-order valence-corrected chi connectivity index (χ1v) is 2.24. The van der Waals surface area contributed by atoms with Crippen molar-refractivity contribution in [1.29, 1.82) is 0 Å². The van der Waals surface area contributed by atoms with Crippen molar-refractivity contribution in [2.75, 3.05) is 0 Å². The van der Waals surface area contributed by atoms with E-state index in [4.69, 9.17) is 4.79 Å². The summed E-state index contributed by atoms with van der Waals surface area (Å²) < 4.78 is 0. The summed E-state index contributed by atoms with van der Waals surface area (Å²) >= 11 is 0. The smallest absolute Gasteiger partial charge is 0.545 e. The van der Waals surface area contributed by atoms with E-state index in [-0.39, 0.29) is 19.5 Å². The zero-order valence-corrected chi connectivity index (χ0v) is 6.49. The van der Waals surface area contributed by atoms with Crippen LogP contribution < -0.4 is 0 Å². The first kappa shape index (κ1) is 15.7. The van der Waals surface area contributed by atoms with E-state index >= 15 is 0 Å². The zero-order chi connectivity index (χ0) is 6.12. The molecule has 2 heteroatoms. The second-order valence-electron chi connectivity index (χ2n) is 1.06. The van der Waals surface area contributed by atoms with Gasteiger partial charge in [-0.15, -0.1) is 6.42 Å². The number of unbranched alkanes of at least 4 members (excludes halogenated alkanes) is 2. The molecule has 0 heterocycles. The topological polar surface area (TPSA) is 17.1 Å². The van der Waals surface area contributed by atoms with Gasteiger partial charge in [-0.1, -0.05) is 0 Å². The first-order valence-electron chi connectivity index (χ1n) is 2.24.